The molecule has 2 rings (SSSR count). The number of piperazine rings is 1. The average Bonchev–Trinajstić information content (AvgIpc) is 2.76. The van der Waals surface area contributed by atoms with E-state index in [0.717, 1.165) is 11.3 Å². The van der Waals surface area contributed by atoms with Crippen LogP contribution in [0.4, 0.5) is 0 Å². The van der Waals surface area contributed by atoms with Crippen LogP contribution >= 0.6 is 11.3 Å². The number of amides is 2. The fraction of sp³-hybridized carbons (Fsp3) is 0.625. The van der Waals surface area contributed by atoms with E-state index in [9.17, 15) is 9.59 Å². The fourth-order valence-corrected chi connectivity index (χ4v) is 3.63. The van der Waals surface area contributed by atoms with Gasteiger partial charge >= 0.3 is 0 Å². The molecule has 0 aromatic carbocycles. The lowest BCUT2D eigenvalue weighted by atomic mass is 9.94. The maximum Gasteiger partial charge on any atom is 0.246 e. The first kappa shape index (κ1) is 16.0. The highest BCUT2D eigenvalue weighted by Crippen LogP contribution is 2.25. The number of rotatable bonds is 4. The number of carbonyl (C=O) groups excluding carboxylic acids is 2. The van der Waals surface area contributed by atoms with Gasteiger partial charge in [-0.1, -0.05) is 20.3 Å². The molecule has 1 aliphatic heterocycles. The van der Waals surface area contributed by atoms with Crippen LogP contribution in [0.2, 0.25) is 0 Å². The van der Waals surface area contributed by atoms with Crippen molar-refractivity contribution in [2.24, 2.45) is 5.92 Å². The maximum absolute atomic E-state index is 12.7. The fourth-order valence-electron chi connectivity index (χ4n) is 2.58. The maximum atomic E-state index is 12.7. The molecule has 2 heterocycles. The van der Waals surface area contributed by atoms with Gasteiger partial charge in [0.1, 0.15) is 12.1 Å². The van der Waals surface area contributed by atoms with Crippen molar-refractivity contribution in [1.29, 1.82) is 0 Å². The summed E-state index contributed by atoms with van der Waals surface area (Å²) in [6.07, 6.45) is 0.871. The van der Waals surface area contributed by atoms with Gasteiger partial charge in [0, 0.05) is 9.75 Å². The molecule has 1 aromatic heterocycles. The monoisotopic (exact) mass is 308 g/mol. The van der Waals surface area contributed by atoms with Gasteiger partial charge in [-0.3, -0.25) is 9.59 Å². The van der Waals surface area contributed by atoms with E-state index in [1.54, 1.807) is 23.2 Å². The normalized spacial score (nSPS) is 24.1. The Morgan fingerprint density at radius 2 is 2.05 bits per heavy atom. The van der Waals surface area contributed by atoms with Crippen LogP contribution in [0.3, 0.4) is 0 Å². The molecule has 21 heavy (non-hydrogen) atoms. The van der Waals surface area contributed by atoms with Crippen molar-refractivity contribution in [3.63, 3.8) is 0 Å². The third-order valence-electron chi connectivity index (χ3n) is 4.45. The Hall–Kier alpha value is -1.36. The third kappa shape index (κ3) is 3.12. The molecular formula is C16H24N2O2S. The second-order valence-corrected chi connectivity index (χ2v) is 7.31. The van der Waals surface area contributed by atoms with E-state index < -0.39 is 6.04 Å². The van der Waals surface area contributed by atoms with Crippen molar-refractivity contribution in [3.05, 3.63) is 21.4 Å². The van der Waals surface area contributed by atoms with Gasteiger partial charge in [-0.25, -0.2) is 0 Å². The lowest BCUT2D eigenvalue weighted by Gasteiger charge is -2.39. The number of hydrogen-bond donors (Lipinski definition) is 1. The highest BCUT2D eigenvalue weighted by molar-refractivity contribution is 7.12. The van der Waals surface area contributed by atoms with Gasteiger partial charge in [-0.15, -0.1) is 11.3 Å². The molecule has 0 bridgehead atoms. The Labute approximate surface area is 130 Å². The third-order valence-corrected chi connectivity index (χ3v) is 5.59. The van der Waals surface area contributed by atoms with Crippen LogP contribution in [-0.4, -0.2) is 28.8 Å². The summed E-state index contributed by atoms with van der Waals surface area (Å²) in [6, 6.07) is 1.33. The number of hydrogen-bond acceptors (Lipinski definition) is 3. The predicted molar refractivity (Wildman–Crippen MR) is 85.2 cm³/mol. The highest BCUT2D eigenvalue weighted by Gasteiger charge is 2.40. The van der Waals surface area contributed by atoms with E-state index in [-0.39, 0.29) is 23.8 Å². The largest absolute Gasteiger partial charge is 0.342 e. The number of thiophene rings is 1. The second kappa shape index (κ2) is 6.18. The summed E-state index contributed by atoms with van der Waals surface area (Å²) in [7, 11) is 0. The van der Waals surface area contributed by atoms with Crippen LogP contribution in [0.25, 0.3) is 0 Å². The lowest BCUT2D eigenvalue weighted by molar-refractivity contribution is -0.150. The smallest absolute Gasteiger partial charge is 0.246 e. The SMILES string of the molecule is CCC(C)C1NC(=O)C(C)N(Cc2cc(C)c(C)s2)C1=O. The van der Waals surface area contributed by atoms with Gasteiger partial charge in [-0.2, -0.15) is 0 Å². The van der Waals surface area contributed by atoms with E-state index in [4.69, 9.17) is 0 Å². The molecule has 1 aromatic rings. The molecule has 0 radical (unpaired) electrons. The van der Waals surface area contributed by atoms with Crippen LogP contribution in [-0.2, 0) is 16.1 Å². The summed E-state index contributed by atoms with van der Waals surface area (Å²) >= 11 is 1.70. The standard InChI is InChI=1S/C16H24N2O2S/c1-6-9(2)14-16(20)18(11(4)15(19)17-14)8-13-7-10(3)12(5)21-13/h7,9,11,14H,6,8H2,1-5H3,(H,17,19). The minimum Gasteiger partial charge on any atom is -0.342 e. The predicted octanol–water partition coefficient (Wildman–Crippen LogP) is 2.63. The Balaban J connectivity index is 2.22. The van der Waals surface area contributed by atoms with Crippen molar-refractivity contribution in [2.45, 2.75) is 59.7 Å². The van der Waals surface area contributed by atoms with Crippen LogP contribution in [0.15, 0.2) is 6.07 Å². The molecule has 1 aliphatic rings. The first-order chi connectivity index (χ1) is 9.85. The molecule has 116 valence electrons. The Morgan fingerprint density at radius 3 is 2.57 bits per heavy atom. The Kier molecular flexibility index (Phi) is 4.71. The zero-order valence-electron chi connectivity index (χ0n) is 13.4. The number of carbonyl (C=O) groups is 2. The van der Waals surface area contributed by atoms with Crippen molar-refractivity contribution in [3.8, 4) is 0 Å². The molecule has 3 unspecified atom stereocenters. The summed E-state index contributed by atoms with van der Waals surface area (Å²) in [4.78, 5) is 29.0. The molecule has 1 saturated heterocycles. The van der Waals surface area contributed by atoms with Gasteiger partial charge in [0.2, 0.25) is 11.8 Å². The van der Waals surface area contributed by atoms with Gasteiger partial charge in [0.05, 0.1) is 6.54 Å². The first-order valence-electron chi connectivity index (χ1n) is 7.51. The summed E-state index contributed by atoms with van der Waals surface area (Å²) < 4.78 is 0. The van der Waals surface area contributed by atoms with Crippen molar-refractivity contribution in [2.75, 3.05) is 0 Å². The van der Waals surface area contributed by atoms with Crippen LogP contribution in [0.1, 0.15) is 42.5 Å². The summed E-state index contributed by atoms with van der Waals surface area (Å²) in [5.74, 6) is 0.147. The van der Waals surface area contributed by atoms with Gasteiger partial charge in [-0.05, 0) is 38.3 Å². The van der Waals surface area contributed by atoms with Gasteiger partial charge in [0.25, 0.3) is 0 Å². The quantitative estimate of drug-likeness (QED) is 0.929. The molecular weight excluding hydrogens is 284 g/mol. The van der Waals surface area contributed by atoms with Gasteiger partial charge < -0.3 is 10.2 Å². The Morgan fingerprint density at radius 1 is 1.38 bits per heavy atom. The molecule has 2 amide bonds. The molecule has 0 spiro atoms. The van der Waals surface area contributed by atoms with Crippen LogP contribution in [0.5, 0.6) is 0 Å². The van der Waals surface area contributed by atoms with Crippen molar-refractivity contribution in [1.82, 2.24) is 10.2 Å². The van der Waals surface area contributed by atoms with E-state index in [1.807, 2.05) is 13.8 Å². The van der Waals surface area contributed by atoms with E-state index in [1.165, 1.54) is 10.4 Å². The van der Waals surface area contributed by atoms with Crippen molar-refractivity contribution >= 4 is 23.2 Å². The lowest BCUT2D eigenvalue weighted by Crippen LogP contribution is -2.63. The molecule has 3 atom stereocenters. The minimum atomic E-state index is -0.402. The van der Waals surface area contributed by atoms with E-state index in [2.05, 4.69) is 25.2 Å². The number of aryl methyl sites for hydroxylation is 2. The molecule has 0 saturated carbocycles. The summed E-state index contributed by atoms with van der Waals surface area (Å²) in [5.41, 5.74) is 1.25. The van der Waals surface area contributed by atoms with Crippen molar-refractivity contribution < 1.29 is 9.59 Å². The molecule has 1 fully saturated rings. The summed E-state index contributed by atoms with van der Waals surface area (Å²) in [6.45, 7) is 10.5. The minimum absolute atomic E-state index is 0.0418. The topological polar surface area (TPSA) is 49.4 Å². The zero-order chi connectivity index (χ0) is 15.7. The van der Waals surface area contributed by atoms with Crippen LogP contribution in [0, 0.1) is 19.8 Å². The Bertz CT molecular complexity index is 533. The molecule has 4 nitrogen and oxygen atoms in total. The number of nitrogens with zero attached hydrogens (tertiary/aromatic N) is 1. The first-order valence-corrected chi connectivity index (χ1v) is 8.33. The van der Waals surface area contributed by atoms with Crippen LogP contribution < -0.4 is 5.32 Å². The van der Waals surface area contributed by atoms with E-state index in [0.29, 0.717) is 6.54 Å². The average molecular weight is 308 g/mol. The zero-order valence-corrected chi connectivity index (χ0v) is 14.2. The number of nitrogens with one attached hydrogen (secondary N) is 1. The second-order valence-electron chi connectivity index (χ2n) is 5.97. The molecule has 1 N–H and O–H groups in total. The summed E-state index contributed by atoms with van der Waals surface area (Å²) in [5, 5.41) is 2.87. The molecule has 5 heteroatoms. The van der Waals surface area contributed by atoms with E-state index >= 15 is 0 Å². The van der Waals surface area contributed by atoms with Gasteiger partial charge in [0.15, 0.2) is 0 Å². The molecule has 0 aliphatic carbocycles. The highest BCUT2D eigenvalue weighted by atomic mass is 32.1.